The maximum absolute atomic E-state index is 10.6. The summed E-state index contributed by atoms with van der Waals surface area (Å²) in [6.45, 7) is -0.640. The lowest BCUT2D eigenvalue weighted by Gasteiger charge is -2.14. The number of carboxylic acids is 1. The zero-order chi connectivity index (χ0) is 17.6. The van der Waals surface area contributed by atoms with Crippen molar-refractivity contribution in [2.75, 3.05) is 6.61 Å². The number of ether oxygens (including phenoxy) is 1. The van der Waals surface area contributed by atoms with E-state index in [1.165, 1.54) is 12.3 Å². The first-order chi connectivity index (χ1) is 10.7. The Morgan fingerprint density at radius 2 is 1.96 bits per heavy atom. The molecule has 0 radical (unpaired) electrons. The molecule has 6 N–H and O–H groups in total. The fraction of sp³-hybridized carbons (Fsp3) is 0.455. The predicted octanol–water partition coefficient (Wildman–Crippen LogP) is -2.14. The first-order valence-electron chi connectivity index (χ1n) is 6.18. The van der Waals surface area contributed by atoms with Gasteiger partial charge in [0.15, 0.2) is 12.5 Å². The highest BCUT2D eigenvalue weighted by Crippen LogP contribution is 2.37. The van der Waals surface area contributed by atoms with Crippen LogP contribution in [0.15, 0.2) is 23.9 Å². The molecule has 0 bridgehead atoms. The molecule has 1 heterocycles. The topological polar surface area (TPSA) is 183 Å². The summed E-state index contributed by atoms with van der Waals surface area (Å²) >= 11 is 0. The molecule has 11 nitrogen and oxygen atoms in total. The average molecular weight is 353 g/mol. The summed E-state index contributed by atoms with van der Waals surface area (Å²) in [4.78, 5) is 38.1. The summed E-state index contributed by atoms with van der Waals surface area (Å²) in [6, 6.07) is 0. The van der Waals surface area contributed by atoms with Crippen LogP contribution in [0.3, 0.4) is 0 Å². The Labute approximate surface area is 130 Å². The molecule has 130 valence electrons. The SMILES string of the molecule is O=C/C(=C\C=C/N[C@@H]1O[C@H](COP(=O)(O)O)[C@@H](O)[C@H]1O)C(=O)O. The maximum Gasteiger partial charge on any atom is 0.469 e. The lowest BCUT2D eigenvalue weighted by molar-refractivity contribution is -0.133. The van der Waals surface area contributed by atoms with Crippen molar-refractivity contribution in [1.29, 1.82) is 0 Å². The summed E-state index contributed by atoms with van der Waals surface area (Å²) in [5.74, 6) is -1.41. The van der Waals surface area contributed by atoms with Crippen molar-refractivity contribution in [1.82, 2.24) is 5.32 Å². The fourth-order valence-electron chi connectivity index (χ4n) is 1.66. The second kappa shape index (κ2) is 8.31. The molecule has 1 aliphatic heterocycles. The van der Waals surface area contributed by atoms with Gasteiger partial charge in [0.25, 0.3) is 0 Å². The standard InChI is InChI=1S/C11H16NO10P/c13-4-6(11(16)17)2-1-3-12-10-9(15)8(14)7(22-10)5-21-23(18,19)20/h1-4,7-10,12,14-15H,5H2,(H,16,17)(H2,18,19,20)/b3-1-,6-2+/t7-,8-,9-,10-/m1/s1. The lowest BCUT2D eigenvalue weighted by Crippen LogP contribution is -2.38. The largest absolute Gasteiger partial charge is 0.478 e. The number of aliphatic carboxylic acids is 1. The van der Waals surface area contributed by atoms with Gasteiger partial charge in [-0.3, -0.25) is 9.32 Å². The van der Waals surface area contributed by atoms with E-state index in [-0.39, 0.29) is 6.29 Å². The minimum absolute atomic E-state index is 0.146. The Hall–Kier alpha value is -1.59. The van der Waals surface area contributed by atoms with E-state index in [2.05, 4.69) is 9.84 Å². The third kappa shape index (κ3) is 6.20. The normalized spacial score (nSPS) is 29.0. The molecule has 12 heteroatoms. The molecule has 4 atom stereocenters. The number of aldehydes is 1. The number of allylic oxidation sites excluding steroid dienone is 2. The Morgan fingerprint density at radius 1 is 1.30 bits per heavy atom. The van der Waals surface area contributed by atoms with E-state index in [0.29, 0.717) is 0 Å². The summed E-state index contributed by atoms with van der Waals surface area (Å²) in [5, 5.41) is 30.5. The number of carboxylic acid groups (broad SMARTS) is 1. The van der Waals surface area contributed by atoms with Gasteiger partial charge in [-0.05, 0) is 18.4 Å². The molecule has 0 aliphatic carbocycles. The van der Waals surface area contributed by atoms with Crippen molar-refractivity contribution in [3.63, 3.8) is 0 Å². The van der Waals surface area contributed by atoms with Crippen LogP contribution in [0.1, 0.15) is 0 Å². The van der Waals surface area contributed by atoms with Crippen LogP contribution >= 0.6 is 7.82 Å². The van der Waals surface area contributed by atoms with Gasteiger partial charge in [0.2, 0.25) is 0 Å². The third-order valence-electron chi connectivity index (χ3n) is 2.78. The molecule has 0 aromatic carbocycles. The van der Waals surface area contributed by atoms with E-state index in [1.54, 1.807) is 0 Å². The molecule has 1 fully saturated rings. The van der Waals surface area contributed by atoms with Gasteiger partial charge in [0, 0.05) is 0 Å². The number of nitrogens with one attached hydrogen (secondary N) is 1. The Balaban J connectivity index is 2.57. The molecule has 0 spiro atoms. The highest BCUT2D eigenvalue weighted by molar-refractivity contribution is 7.46. The molecule has 1 saturated heterocycles. The number of carbonyl (C=O) groups excluding carboxylic acids is 1. The van der Waals surface area contributed by atoms with Gasteiger partial charge in [-0.1, -0.05) is 0 Å². The third-order valence-corrected chi connectivity index (χ3v) is 3.26. The van der Waals surface area contributed by atoms with Crippen molar-refractivity contribution < 1.29 is 48.5 Å². The monoisotopic (exact) mass is 353 g/mol. The summed E-state index contributed by atoms with van der Waals surface area (Å²) < 4.78 is 19.9. The molecule has 1 aliphatic rings. The van der Waals surface area contributed by atoms with Gasteiger partial charge in [0.1, 0.15) is 18.3 Å². The quantitative estimate of drug-likeness (QED) is 0.0699. The van der Waals surface area contributed by atoms with Crippen LogP contribution in [0.2, 0.25) is 0 Å². The number of aliphatic hydroxyl groups is 2. The van der Waals surface area contributed by atoms with Crippen LogP contribution in [-0.2, 0) is 23.4 Å². The van der Waals surface area contributed by atoms with Gasteiger partial charge < -0.3 is 35.2 Å². The summed E-state index contributed by atoms with van der Waals surface area (Å²) in [5.41, 5.74) is -0.496. The number of carbonyl (C=O) groups is 2. The number of phosphoric ester groups is 1. The molecule has 0 aromatic rings. The molecule has 0 aromatic heterocycles. The minimum Gasteiger partial charge on any atom is -0.478 e. The second-order valence-corrected chi connectivity index (χ2v) is 5.67. The number of rotatable bonds is 8. The van der Waals surface area contributed by atoms with Crippen molar-refractivity contribution >= 4 is 20.1 Å². The molecule has 0 unspecified atom stereocenters. The van der Waals surface area contributed by atoms with E-state index in [0.717, 1.165) is 6.08 Å². The van der Waals surface area contributed by atoms with Gasteiger partial charge in [-0.2, -0.15) is 0 Å². The van der Waals surface area contributed by atoms with E-state index in [1.807, 2.05) is 0 Å². The first-order valence-corrected chi connectivity index (χ1v) is 7.71. The second-order valence-electron chi connectivity index (χ2n) is 4.43. The zero-order valence-corrected chi connectivity index (χ0v) is 12.4. The Bertz CT molecular complexity index is 541. The van der Waals surface area contributed by atoms with Crippen molar-refractivity contribution in [2.45, 2.75) is 24.5 Å². The number of phosphoric acid groups is 1. The molecule has 1 rings (SSSR count). The van der Waals surface area contributed by atoms with Crippen LogP contribution in [0.5, 0.6) is 0 Å². The average Bonchev–Trinajstić information content (AvgIpc) is 2.72. The van der Waals surface area contributed by atoms with E-state index in [9.17, 15) is 24.4 Å². The minimum atomic E-state index is -4.74. The molecule has 0 amide bonds. The van der Waals surface area contributed by atoms with Gasteiger partial charge >= 0.3 is 13.8 Å². The van der Waals surface area contributed by atoms with Crippen molar-refractivity contribution in [3.05, 3.63) is 23.9 Å². The predicted molar refractivity (Wildman–Crippen MR) is 72.7 cm³/mol. The van der Waals surface area contributed by atoms with Crippen LogP contribution < -0.4 is 5.32 Å². The lowest BCUT2D eigenvalue weighted by atomic mass is 10.1. The smallest absolute Gasteiger partial charge is 0.469 e. The van der Waals surface area contributed by atoms with E-state index in [4.69, 9.17) is 19.6 Å². The van der Waals surface area contributed by atoms with E-state index >= 15 is 0 Å². The number of aliphatic hydroxyl groups excluding tert-OH is 2. The van der Waals surface area contributed by atoms with Gasteiger partial charge in [-0.15, -0.1) is 0 Å². The fourth-order valence-corrected chi connectivity index (χ4v) is 2.00. The molecular formula is C11H16NO10P. The maximum atomic E-state index is 10.6. The van der Waals surface area contributed by atoms with Gasteiger partial charge in [0.05, 0.1) is 12.2 Å². The van der Waals surface area contributed by atoms with Crippen LogP contribution in [-0.4, -0.2) is 68.5 Å². The molecule has 23 heavy (non-hydrogen) atoms. The van der Waals surface area contributed by atoms with Gasteiger partial charge in [-0.25, -0.2) is 9.36 Å². The van der Waals surface area contributed by atoms with Crippen molar-refractivity contribution in [3.8, 4) is 0 Å². The number of hydrogen-bond acceptors (Lipinski definition) is 8. The molecule has 0 saturated carbocycles. The van der Waals surface area contributed by atoms with Crippen LogP contribution in [0.4, 0.5) is 0 Å². The summed E-state index contributed by atoms with van der Waals surface area (Å²) in [7, 11) is -4.74. The van der Waals surface area contributed by atoms with E-state index < -0.39 is 50.5 Å². The van der Waals surface area contributed by atoms with Crippen molar-refractivity contribution in [2.24, 2.45) is 0 Å². The number of hydrogen-bond donors (Lipinski definition) is 6. The first kappa shape index (κ1) is 19.5. The Kier molecular flexibility index (Phi) is 7.03. The zero-order valence-electron chi connectivity index (χ0n) is 11.6. The highest BCUT2D eigenvalue weighted by Gasteiger charge is 2.43. The van der Waals surface area contributed by atoms with Crippen LogP contribution in [0.25, 0.3) is 0 Å². The summed E-state index contributed by atoms with van der Waals surface area (Å²) in [6.07, 6.45) is -1.69. The Morgan fingerprint density at radius 3 is 2.48 bits per heavy atom. The molecular weight excluding hydrogens is 337 g/mol. The van der Waals surface area contributed by atoms with Crippen LogP contribution in [0, 0.1) is 0 Å². The highest BCUT2D eigenvalue weighted by atomic mass is 31.2.